The number of benzene rings is 3. The van der Waals surface area contributed by atoms with E-state index >= 15 is 0 Å². The van der Waals surface area contributed by atoms with Crippen LogP contribution in [0.15, 0.2) is 65.6 Å². The third-order valence-corrected chi connectivity index (χ3v) is 7.12. The smallest absolute Gasteiger partial charge is 0.207 e. The molecule has 1 aliphatic rings. The maximum Gasteiger partial charge on any atom is 0.244 e. The van der Waals surface area contributed by atoms with Crippen LogP contribution in [0.4, 0.5) is 22.0 Å². The van der Waals surface area contributed by atoms with Gasteiger partial charge >= 0.3 is 0 Å². The van der Waals surface area contributed by atoms with E-state index < -0.39 is 56.8 Å². The van der Waals surface area contributed by atoms with Crippen molar-refractivity contribution in [3.8, 4) is 0 Å². The molecule has 0 radical (unpaired) electrons. The van der Waals surface area contributed by atoms with E-state index in [1.165, 1.54) is 24.3 Å². The summed E-state index contributed by atoms with van der Waals surface area (Å²) in [5.41, 5.74) is 0.273. The summed E-state index contributed by atoms with van der Waals surface area (Å²) >= 11 is 0. The van der Waals surface area contributed by atoms with E-state index in [0.717, 1.165) is 9.87 Å². The molecule has 0 aromatic heterocycles. The summed E-state index contributed by atoms with van der Waals surface area (Å²) in [5, 5.41) is 0. The predicted octanol–water partition coefficient (Wildman–Crippen LogP) is 5.52. The lowest BCUT2D eigenvalue weighted by Gasteiger charge is -2.09. The largest absolute Gasteiger partial charge is 0.244 e. The molecule has 0 saturated carbocycles. The van der Waals surface area contributed by atoms with Crippen molar-refractivity contribution in [1.82, 2.24) is 4.31 Å². The maximum absolute atomic E-state index is 14.5. The first kappa shape index (κ1) is 22.2. The second kappa shape index (κ2) is 8.14. The van der Waals surface area contributed by atoms with Crippen molar-refractivity contribution in [2.24, 2.45) is 0 Å². The van der Waals surface area contributed by atoms with Gasteiger partial charge in [0.15, 0.2) is 23.3 Å². The highest BCUT2D eigenvalue weighted by Crippen LogP contribution is 2.50. The van der Waals surface area contributed by atoms with Gasteiger partial charge in [-0.25, -0.2) is 30.4 Å². The summed E-state index contributed by atoms with van der Waals surface area (Å²) in [4.78, 5) is -0.160. The molecule has 32 heavy (non-hydrogen) atoms. The molecule has 0 N–H and O–H groups in total. The second-order valence-corrected chi connectivity index (χ2v) is 9.18. The molecule has 3 aromatic rings. The van der Waals surface area contributed by atoms with Crippen LogP contribution in [-0.4, -0.2) is 18.8 Å². The van der Waals surface area contributed by atoms with Crippen LogP contribution in [0.3, 0.4) is 0 Å². The average Bonchev–Trinajstić information content (AvgIpc) is 3.51. The van der Waals surface area contributed by atoms with Crippen molar-refractivity contribution in [3.63, 3.8) is 0 Å². The number of hydrogen-bond acceptors (Lipinski definition) is 2. The lowest BCUT2D eigenvalue weighted by Crippen LogP contribution is -2.15. The first-order valence-corrected chi connectivity index (χ1v) is 10.9. The number of sulfonamides is 1. The van der Waals surface area contributed by atoms with Crippen LogP contribution in [-0.2, 0) is 10.0 Å². The summed E-state index contributed by atoms with van der Waals surface area (Å²) in [7, 11) is -4.29. The Kier molecular flexibility index (Phi) is 5.64. The fraction of sp³-hybridized carbons (Fsp3) is 0.130. The van der Waals surface area contributed by atoms with Crippen LogP contribution in [0, 0.1) is 36.0 Å². The van der Waals surface area contributed by atoms with Gasteiger partial charge < -0.3 is 0 Å². The number of aryl methyl sites for hydroxylation is 1. The molecule has 9 heteroatoms. The summed E-state index contributed by atoms with van der Waals surface area (Å²) in [6.07, 6.45) is 2.89. The summed E-state index contributed by atoms with van der Waals surface area (Å²) in [5.74, 6) is -10.6. The maximum atomic E-state index is 14.5. The van der Waals surface area contributed by atoms with Crippen LogP contribution < -0.4 is 0 Å². The van der Waals surface area contributed by atoms with Crippen LogP contribution in [0.25, 0.3) is 6.08 Å². The minimum atomic E-state index is -4.29. The Morgan fingerprint density at radius 2 is 1.31 bits per heavy atom. The molecular formula is C23H16F5NO2S. The zero-order chi connectivity index (χ0) is 23.2. The SMILES string of the molecule is Cc1ccc(S(=O)(=O)N2C(C=Cc3ccccc3)C2c2c(F)c(F)c(F)c(F)c2F)cc1. The molecule has 1 fully saturated rings. The fourth-order valence-electron chi connectivity index (χ4n) is 3.51. The molecule has 0 spiro atoms. The Morgan fingerprint density at radius 1 is 0.781 bits per heavy atom. The van der Waals surface area contributed by atoms with Crippen molar-refractivity contribution in [2.45, 2.75) is 23.9 Å². The monoisotopic (exact) mass is 465 g/mol. The highest BCUT2D eigenvalue weighted by atomic mass is 32.2. The predicted molar refractivity (Wildman–Crippen MR) is 108 cm³/mol. The summed E-state index contributed by atoms with van der Waals surface area (Å²) in [6, 6.07) is 11.6. The van der Waals surface area contributed by atoms with Gasteiger partial charge in [0.25, 0.3) is 0 Å². The third-order valence-electron chi connectivity index (χ3n) is 5.22. The fourth-order valence-corrected chi connectivity index (χ4v) is 5.22. The van der Waals surface area contributed by atoms with Gasteiger partial charge in [-0.1, -0.05) is 60.2 Å². The lowest BCUT2D eigenvalue weighted by atomic mass is 10.1. The first-order valence-electron chi connectivity index (χ1n) is 9.49. The van der Waals surface area contributed by atoms with Gasteiger partial charge in [0, 0.05) is 0 Å². The second-order valence-electron chi connectivity index (χ2n) is 7.34. The topological polar surface area (TPSA) is 37.1 Å². The number of rotatable bonds is 5. The molecule has 0 amide bonds. The molecule has 0 aliphatic carbocycles. The Morgan fingerprint density at radius 3 is 1.88 bits per heavy atom. The Bertz CT molecular complexity index is 1280. The third kappa shape index (κ3) is 3.71. The molecule has 3 atom stereocenters. The minimum absolute atomic E-state index is 0.160. The highest BCUT2D eigenvalue weighted by molar-refractivity contribution is 7.89. The quantitative estimate of drug-likeness (QED) is 0.215. The van der Waals surface area contributed by atoms with Crippen molar-refractivity contribution < 1.29 is 30.4 Å². The van der Waals surface area contributed by atoms with Crippen molar-refractivity contribution >= 4 is 16.1 Å². The van der Waals surface area contributed by atoms with Gasteiger partial charge in [-0.15, -0.1) is 0 Å². The molecule has 0 bridgehead atoms. The minimum Gasteiger partial charge on any atom is -0.207 e. The number of hydrogen-bond donors (Lipinski definition) is 0. The summed E-state index contributed by atoms with van der Waals surface area (Å²) < 4.78 is 97.1. The lowest BCUT2D eigenvalue weighted by molar-refractivity contribution is 0.368. The van der Waals surface area contributed by atoms with Gasteiger partial charge in [0.05, 0.1) is 22.5 Å². The van der Waals surface area contributed by atoms with Crippen LogP contribution in [0.5, 0.6) is 0 Å². The first-order chi connectivity index (χ1) is 15.1. The van der Waals surface area contributed by atoms with Gasteiger partial charge in [-0.05, 0) is 24.6 Å². The zero-order valence-electron chi connectivity index (χ0n) is 16.6. The van der Waals surface area contributed by atoms with E-state index in [2.05, 4.69) is 0 Å². The molecule has 4 rings (SSSR count). The van der Waals surface area contributed by atoms with Crippen molar-refractivity contribution in [1.29, 1.82) is 0 Å². The summed E-state index contributed by atoms with van der Waals surface area (Å²) in [6.45, 7) is 1.75. The van der Waals surface area contributed by atoms with Crippen LogP contribution >= 0.6 is 0 Å². The molecule has 1 heterocycles. The van der Waals surface area contributed by atoms with Crippen LogP contribution in [0.2, 0.25) is 0 Å². The van der Waals surface area contributed by atoms with Gasteiger partial charge in [0.1, 0.15) is 0 Å². The molecule has 3 aromatic carbocycles. The number of halogens is 5. The van der Waals surface area contributed by atoms with E-state index in [4.69, 9.17) is 0 Å². The van der Waals surface area contributed by atoms with Crippen molar-refractivity contribution in [2.75, 3.05) is 0 Å². The normalized spacial score (nSPS) is 20.6. The Labute approximate surface area is 181 Å². The van der Waals surface area contributed by atoms with Crippen molar-refractivity contribution in [3.05, 3.63) is 106 Å². The van der Waals surface area contributed by atoms with E-state index in [1.807, 2.05) is 0 Å². The van der Waals surface area contributed by atoms with Gasteiger partial charge in [-0.2, -0.15) is 4.31 Å². The van der Waals surface area contributed by atoms with Gasteiger partial charge in [0.2, 0.25) is 15.8 Å². The average molecular weight is 465 g/mol. The molecule has 166 valence electrons. The van der Waals surface area contributed by atoms with Crippen LogP contribution in [0.1, 0.15) is 22.7 Å². The molecule has 3 nitrogen and oxygen atoms in total. The molecule has 1 aliphatic heterocycles. The molecular weight excluding hydrogens is 449 g/mol. The van der Waals surface area contributed by atoms with E-state index in [0.29, 0.717) is 5.56 Å². The standard InChI is InChI=1S/C23H16F5NO2S/c1-13-7-10-15(11-8-13)32(30,31)29-16(12-9-14-5-3-2-4-6-14)23(29)17-18(24)20(26)22(28)21(27)19(17)25/h2-12,16,23H,1H3. The number of nitrogens with zero attached hydrogens (tertiary/aromatic N) is 1. The van der Waals surface area contributed by atoms with Gasteiger partial charge in [-0.3, -0.25) is 0 Å². The van der Waals surface area contributed by atoms with E-state index in [-0.39, 0.29) is 4.90 Å². The zero-order valence-corrected chi connectivity index (χ0v) is 17.4. The highest BCUT2D eigenvalue weighted by Gasteiger charge is 2.57. The Hall–Kier alpha value is -3.04. The van der Waals surface area contributed by atoms with E-state index in [9.17, 15) is 30.4 Å². The Balaban J connectivity index is 1.82. The molecule has 1 saturated heterocycles. The van der Waals surface area contributed by atoms with E-state index in [1.54, 1.807) is 49.4 Å². The molecule has 3 unspecified atom stereocenters.